The lowest BCUT2D eigenvalue weighted by atomic mass is 10.1. The number of aromatic nitrogens is 4. The number of fused-ring (bicyclic) bond motifs is 1. The van der Waals surface area contributed by atoms with Gasteiger partial charge in [0.25, 0.3) is 0 Å². The van der Waals surface area contributed by atoms with E-state index in [1.807, 2.05) is 13.0 Å². The van der Waals surface area contributed by atoms with Crippen LogP contribution >= 0.6 is 0 Å². The zero-order chi connectivity index (χ0) is 22.5. The molecule has 0 radical (unpaired) electrons. The van der Waals surface area contributed by atoms with Crippen molar-refractivity contribution in [3.05, 3.63) is 30.1 Å². The maximum Gasteiger partial charge on any atom is 0.204 e. The van der Waals surface area contributed by atoms with E-state index in [0.717, 1.165) is 11.3 Å². The summed E-state index contributed by atoms with van der Waals surface area (Å²) in [7, 11) is -1.43. The summed E-state index contributed by atoms with van der Waals surface area (Å²) in [4.78, 5) is 13.0. The first-order chi connectivity index (χ1) is 14.6. The van der Waals surface area contributed by atoms with Crippen LogP contribution in [0.15, 0.2) is 24.5 Å². The van der Waals surface area contributed by atoms with Gasteiger partial charge in [0, 0.05) is 5.69 Å². The van der Waals surface area contributed by atoms with Crippen LogP contribution in [0.1, 0.15) is 11.8 Å². The quantitative estimate of drug-likeness (QED) is 0.357. The molecule has 0 bridgehead atoms. The Morgan fingerprint density at radius 2 is 1.94 bits per heavy atom. The topological polar surface area (TPSA) is 152 Å². The van der Waals surface area contributed by atoms with Crippen LogP contribution in [0.4, 0.5) is 17.5 Å². The van der Waals surface area contributed by atoms with Gasteiger partial charge in [-0.1, -0.05) is 37.0 Å². The van der Waals surface area contributed by atoms with E-state index < -0.39 is 39.2 Å². The summed E-state index contributed by atoms with van der Waals surface area (Å²) in [6, 6.07) is 6.36. The molecule has 4 rings (SSSR count). The molecular weight excluding hydrogens is 416 g/mol. The maximum atomic E-state index is 10.4. The fourth-order valence-electron chi connectivity index (χ4n) is 3.76. The van der Waals surface area contributed by atoms with Crippen molar-refractivity contribution in [2.75, 3.05) is 17.7 Å². The molecule has 6 N–H and O–H groups in total. The lowest BCUT2D eigenvalue weighted by Gasteiger charge is -2.19. The molecule has 1 aliphatic heterocycles. The first kappa shape index (κ1) is 21.7. The van der Waals surface area contributed by atoms with Crippen LogP contribution in [0.2, 0.25) is 19.6 Å². The van der Waals surface area contributed by atoms with Gasteiger partial charge in [-0.2, -0.15) is 0 Å². The predicted molar refractivity (Wildman–Crippen MR) is 120 cm³/mol. The number of hydrogen-bond donors (Lipinski definition) is 5. The summed E-state index contributed by atoms with van der Waals surface area (Å²) in [5, 5.41) is 34.5. The molecule has 1 fully saturated rings. The van der Waals surface area contributed by atoms with Gasteiger partial charge in [-0.15, -0.1) is 0 Å². The second kappa shape index (κ2) is 7.84. The van der Waals surface area contributed by atoms with Crippen LogP contribution in [0.5, 0.6) is 0 Å². The molecule has 0 spiro atoms. The Balaban J connectivity index is 1.71. The summed E-state index contributed by atoms with van der Waals surface area (Å²) >= 11 is 0. The van der Waals surface area contributed by atoms with Crippen molar-refractivity contribution in [2.45, 2.75) is 51.1 Å². The molecule has 31 heavy (non-hydrogen) atoms. The van der Waals surface area contributed by atoms with Crippen molar-refractivity contribution in [2.24, 2.45) is 0 Å². The van der Waals surface area contributed by atoms with Crippen molar-refractivity contribution < 1.29 is 20.1 Å². The van der Waals surface area contributed by atoms with E-state index in [1.54, 1.807) is 0 Å². The minimum Gasteiger partial charge on any atom is -0.394 e. The molecule has 1 aliphatic rings. The van der Waals surface area contributed by atoms with Gasteiger partial charge in [-0.25, -0.2) is 15.0 Å². The van der Waals surface area contributed by atoms with Gasteiger partial charge in [-0.05, 0) is 18.6 Å². The van der Waals surface area contributed by atoms with Gasteiger partial charge in [0.1, 0.15) is 24.6 Å². The third-order valence-corrected chi connectivity index (χ3v) is 7.66. The molecule has 166 valence electrons. The standard InChI is InChI=1S/C20H28N6O4Si/c1-10-7-11(31(2,3)4)5-6-12(10)24-17-14-18(23-9-22-17)26(20(21)25-14)19-16(29)15(28)13(8-27)30-19/h5-7,9,13,15-16,19,27-29H,8H2,1-4H3,(H2,21,25)(H,22,23,24)/t13-,15-,16-,19-/m0/s1. The maximum absolute atomic E-state index is 10.4. The first-order valence-electron chi connectivity index (χ1n) is 10.1. The Labute approximate surface area is 180 Å². The Morgan fingerprint density at radius 1 is 1.19 bits per heavy atom. The van der Waals surface area contributed by atoms with Crippen LogP contribution in [0, 0.1) is 6.92 Å². The molecule has 2 aromatic heterocycles. The number of aliphatic hydroxyl groups is 3. The first-order valence-corrected chi connectivity index (χ1v) is 13.6. The minimum atomic E-state index is -1.43. The monoisotopic (exact) mass is 444 g/mol. The zero-order valence-corrected chi connectivity index (χ0v) is 18.9. The third-order valence-electron chi connectivity index (χ3n) is 5.62. The largest absolute Gasteiger partial charge is 0.394 e. The number of ether oxygens (including phenoxy) is 1. The number of nitrogens with one attached hydrogen (secondary N) is 1. The van der Waals surface area contributed by atoms with Gasteiger partial charge in [0.15, 0.2) is 23.2 Å². The van der Waals surface area contributed by atoms with Crippen molar-refractivity contribution in [1.82, 2.24) is 19.5 Å². The zero-order valence-electron chi connectivity index (χ0n) is 17.9. The van der Waals surface area contributed by atoms with E-state index in [4.69, 9.17) is 10.5 Å². The molecule has 1 aromatic carbocycles. The van der Waals surface area contributed by atoms with Gasteiger partial charge < -0.3 is 31.1 Å². The summed E-state index contributed by atoms with van der Waals surface area (Å²) in [5.41, 5.74) is 8.85. The Kier molecular flexibility index (Phi) is 5.48. The molecule has 1 saturated heterocycles. The fraction of sp³-hybridized carbons (Fsp3) is 0.450. The number of aryl methyl sites for hydroxylation is 1. The number of nitrogens with two attached hydrogens (primary N) is 1. The van der Waals surface area contributed by atoms with E-state index in [1.165, 1.54) is 16.1 Å². The molecule has 4 atom stereocenters. The van der Waals surface area contributed by atoms with E-state index in [-0.39, 0.29) is 5.95 Å². The molecule has 0 aliphatic carbocycles. The van der Waals surface area contributed by atoms with Crippen LogP contribution in [0.3, 0.4) is 0 Å². The summed E-state index contributed by atoms with van der Waals surface area (Å²) in [5.74, 6) is 0.519. The molecule has 3 heterocycles. The highest BCUT2D eigenvalue weighted by atomic mass is 28.3. The summed E-state index contributed by atoms with van der Waals surface area (Å²) in [6.45, 7) is 8.51. The SMILES string of the molecule is Cc1cc([Si](C)(C)C)ccc1Nc1ncnc2c1nc(N)n2[C@H]1O[C@@H](CO)[C@H](O)[C@@H]1O. The molecular formula is C20H28N6O4Si. The fourth-order valence-corrected chi connectivity index (χ4v) is 4.99. The number of rotatable bonds is 5. The van der Waals surface area contributed by atoms with E-state index in [2.05, 4.69) is 52.0 Å². The van der Waals surface area contributed by atoms with Crippen molar-refractivity contribution >= 4 is 41.9 Å². The van der Waals surface area contributed by atoms with Crippen molar-refractivity contribution in [1.29, 1.82) is 0 Å². The number of benzene rings is 1. The molecule has 10 nitrogen and oxygen atoms in total. The van der Waals surface area contributed by atoms with Crippen LogP contribution in [0.25, 0.3) is 11.2 Å². The van der Waals surface area contributed by atoms with Gasteiger partial charge >= 0.3 is 0 Å². The van der Waals surface area contributed by atoms with Crippen LogP contribution in [-0.4, -0.2) is 67.8 Å². The summed E-state index contributed by atoms with van der Waals surface area (Å²) in [6.07, 6.45) is -3.13. The van der Waals surface area contributed by atoms with Gasteiger partial charge in [-0.3, -0.25) is 4.57 Å². The summed E-state index contributed by atoms with van der Waals surface area (Å²) < 4.78 is 7.02. The highest BCUT2D eigenvalue weighted by Gasteiger charge is 2.44. The predicted octanol–water partition coefficient (Wildman–Crippen LogP) is 0.617. The number of hydrogen-bond acceptors (Lipinski definition) is 9. The second-order valence-corrected chi connectivity index (χ2v) is 13.9. The molecule has 0 unspecified atom stereocenters. The highest BCUT2D eigenvalue weighted by Crippen LogP contribution is 2.35. The minimum absolute atomic E-state index is 0.0548. The molecule has 3 aromatic rings. The van der Waals surface area contributed by atoms with Crippen molar-refractivity contribution in [3.63, 3.8) is 0 Å². The lowest BCUT2D eigenvalue weighted by Crippen LogP contribution is -2.37. The van der Waals surface area contributed by atoms with Crippen LogP contribution < -0.4 is 16.2 Å². The van der Waals surface area contributed by atoms with Gasteiger partial charge in [0.05, 0.1) is 14.7 Å². The van der Waals surface area contributed by atoms with Gasteiger partial charge in [0.2, 0.25) is 5.95 Å². The normalized spacial score (nSPS) is 24.1. The van der Waals surface area contributed by atoms with E-state index in [0.29, 0.717) is 17.0 Å². The van der Waals surface area contributed by atoms with E-state index >= 15 is 0 Å². The second-order valence-electron chi connectivity index (χ2n) is 8.87. The third kappa shape index (κ3) is 3.79. The molecule has 11 heteroatoms. The Morgan fingerprint density at radius 3 is 2.55 bits per heavy atom. The van der Waals surface area contributed by atoms with E-state index in [9.17, 15) is 15.3 Å². The van der Waals surface area contributed by atoms with Crippen LogP contribution in [-0.2, 0) is 4.74 Å². The number of aliphatic hydroxyl groups excluding tert-OH is 3. The smallest absolute Gasteiger partial charge is 0.204 e. The van der Waals surface area contributed by atoms with Crippen molar-refractivity contribution in [3.8, 4) is 0 Å². The average Bonchev–Trinajstić information content (AvgIpc) is 3.19. The average molecular weight is 445 g/mol. The molecule has 0 saturated carbocycles. The highest BCUT2D eigenvalue weighted by molar-refractivity contribution is 6.88. The Bertz CT molecular complexity index is 1110. The lowest BCUT2D eigenvalue weighted by molar-refractivity contribution is -0.0500. The number of nitrogens with zero attached hydrogens (tertiary/aromatic N) is 4. The number of nitrogen functional groups attached to an aromatic ring is 1. The molecule has 0 amide bonds. The number of anilines is 3. The number of imidazole rings is 1. The Hall–Kier alpha value is -2.57.